The van der Waals surface area contributed by atoms with Crippen molar-refractivity contribution in [3.05, 3.63) is 65.5 Å². The van der Waals surface area contributed by atoms with Crippen LogP contribution in [0.2, 0.25) is 0 Å². The second-order valence-electron chi connectivity index (χ2n) is 7.22. The summed E-state index contributed by atoms with van der Waals surface area (Å²) in [6.07, 6.45) is 6.15. The van der Waals surface area contributed by atoms with Crippen molar-refractivity contribution in [3.63, 3.8) is 0 Å². The highest BCUT2D eigenvalue weighted by atomic mass is 19.1. The van der Waals surface area contributed by atoms with Gasteiger partial charge in [-0.25, -0.2) is 8.78 Å². The fraction of sp³-hybridized carbons (Fsp3) is 0.538. The van der Waals surface area contributed by atoms with Crippen molar-refractivity contribution in [2.45, 2.75) is 79.6 Å². The standard InChI is InChI=1S/C18H22F2O.C7H17N.CH3F/c1-6-16(8-7-13(3)19)15(5)21-18-10-9-17(14(4)20)11-12(18)2;1-4-6-7(3)8-5-2;1-2/h6-11,14-15H,3H2,1-2,4-5H3;7-8H,4-6H2,1-3H3;1H3/b8-7-,16-6+;;/t;7-;/m.0./s1. The zero-order chi connectivity index (χ0) is 24.4. The summed E-state index contributed by atoms with van der Waals surface area (Å²) >= 11 is 0. The second kappa shape index (κ2) is 18.7. The van der Waals surface area contributed by atoms with Gasteiger partial charge in [0, 0.05) is 6.04 Å². The maximum absolute atomic E-state index is 13.3. The number of alkyl halides is 2. The second-order valence-corrected chi connectivity index (χ2v) is 7.22. The van der Waals surface area contributed by atoms with Crippen LogP contribution in [0.1, 0.15) is 71.7 Å². The molecule has 0 spiro atoms. The summed E-state index contributed by atoms with van der Waals surface area (Å²) in [5, 5.41) is 3.35. The third-order valence-corrected chi connectivity index (χ3v) is 4.50. The van der Waals surface area contributed by atoms with Crippen molar-refractivity contribution in [2.75, 3.05) is 13.7 Å². The highest BCUT2D eigenvalue weighted by Crippen LogP contribution is 2.26. The quantitative estimate of drug-likeness (QED) is 0.370. The molecule has 5 heteroatoms. The first-order chi connectivity index (χ1) is 14.7. The van der Waals surface area contributed by atoms with E-state index in [2.05, 4.69) is 32.7 Å². The Kier molecular flexibility index (Phi) is 18.8. The van der Waals surface area contributed by atoms with Crippen molar-refractivity contribution in [1.29, 1.82) is 0 Å². The van der Waals surface area contributed by atoms with E-state index < -0.39 is 12.0 Å². The molecule has 178 valence electrons. The Balaban J connectivity index is 0. The molecule has 3 atom stereocenters. The Hall–Kier alpha value is -2.01. The van der Waals surface area contributed by atoms with Gasteiger partial charge in [0.25, 0.3) is 0 Å². The number of allylic oxidation sites excluding steroid dienone is 3. The fourth-order valence-electron chi connectivity index (χ4n) is 2.85. The SMILES string of the molecule is C=C(F)/C=C\C(=C/C)C(C)Oc1ccc(C(C)F)cc1C.CCC[C@H](C)NCC.CF. The minimum atomic E-state index is -1.00. The molecule has 1 rings (SSSR count). The van der Waals surface area contributed by atoms with Gasteiger partial charge in [-0.3, -0.25) is 4.39 Å². The summed E-state index contributed by atoms with van der Waals surface area (Å²) < 4.78 is 41.3. The van der Waals surface area contributed by atoms with Crippen molar-refractivity contribution < 1.29 is 17.9 Å². The zero-order valence-corrected chi connectivity index (χ0v) is 20.6. The van der Waals surface area contributed by atoms with Crippen molar-refractivity contribution in [3.8, 4) is 5.75 Å². The van der Waals surface area contributed by atoms with Crippen LogP contribution in [-0.2, 0) is 0 Å². The van der Waals surface area contributed by atoms with Gasteiger partial charge in [-0.15, -0.1) is 0 Å². The van der Waals surface area contributed by atoms with Crippen LogP contribution in [0.15, 0.2) is 54.4 Å². The van der Waals surface area contributed by atoms with Gasteiger partial charge in [-0.05, 0) is 82.5 Å². The van der Waals surface area contributed by atoms with Crippen LogP contribution in [0.25, 0.3) is 0 Å². The third-order valence-electron chi connectivity index (χ3n) is 4.50. The summed E-state index contributed by atoms with van der Waals surface area (Å²) in [5.41, 5.74) is 2.35. The first kappa shape index (κ1) is 31.2. The lowest BCUT2D eigenvalue weighted by atomic mass is 10.1. The summed E-state index contributed by atoms with van der Waals surface area (Å²) in [7, 11) is 0.500. The van der Waals surface area contributed by atoms with Gasteiger partial charge < -0.3 is 10.1 Å². The Morgan fingerprint density at radius 2 is 1.77 bits per heavy atom. The van der Waals surface area contributed by atoms with Crippen LogP contribution in [0.4, 0.5) is 13.2 Å². The smallest absolute Gasteiger partial charge is 0.123 e. The molecular weight excluding hydrogens is 399 g/mol. The molecular formula is C26H42F3NO. The topological polar surface area (TPSA) is 21.3 Å². The van der Waals surface area contributed by atoms with E-state index in [0.29, 0.717) is 24.5 Å². The van der Waals surface area contributed by atoms with Gasteiger partial charge in [0.1, 0.15) is 23.9 Å². The lowest BCUT2D eigenvalue weighted by Crippen LogP contribution is -2.24. The normalized spacial score (nSPS) is 14.0. The Morgan fingerprint density at radius 3 is 2.19 bits per heavy atom. The van der Waals surface area contributed by atoms with Gasteiger partial charge in [-0.2, -0.15) is 0 Å². The van der Waals surface area contributed by atoms with Gasteiger partial charge in [0.05, 0.1) is 7.18 Å². The molecule has 0 saturated heterocycles. The first-order valence-corrected chi connectivity index (χ1v) is 10.9. The van der Waals surface area contributed by atoms with E-state index in [-0.39, 0.29) is 6.10 Å². The number of aryl methyl sites for hydroxylation is 1. The van der Waals surface area contributed by atoms with E-state index >= 15 is 0 Å². The number of ether oxygens (including phenoxy) is 1. The lowest BCUT2D eigenvalue weighted by Gasteiger charge is -2.18. The Labute approximate surface area is 188 Å². The van der Waals surface area contributed by atoms with E-state index in [1.807, 2.05) is 26.8 Å². The van der Waals surface area contributed by atoms with Crippen LogP contribution in [0, 0.1) is 6.92 Å². The Bertz CT molecular complexity index is 663. The van der Waals surface area contributed by atoms with Crippen LogP contribution in [0.3, 0.4) is 0 Å². The molecule has 0 aromatic heterocycles. The predicted molar refractivity (Wildman–Crippen MR) is 129 cm³/mol. The number of benzene rings is 1. The molecule has 0 aliphatic rings. The first-order valence-electron chi connectivity index (χ1n) is 10.9. The average Bonchev–Trinajstić information content (AvgIpc) is 2.72. The number of nitrogens with one attached hydrogen (secondary N) is 1. The molecule has 0 amide bonds. The van der Waals surface area contributed by atoms with E-state index in [9.17, 15) is 13.2 Å². The molecule has 0 aliphatic heterocycles. The maximum atomic E-state index is 13.3. The number of halogens is 3. The molecule has 31 heavy (non-hydrogen) atoms. The molecule has 0 heterocycles. The number of hydrogen-bond donors (Lipinski definition) is 1. The monoisotopic (exact) mass is 441 g/mol. The van der Waals surface area contributed by atoms with Gasteiger partial charge in [0.15, 0.2) is 0 Å². The molecule has 2 nitrogen and oxygen atoms in total. The highest BCUT2D eigenvalue weighted by Gasteiger charge is 2.11. The summed E-state index contributed by atoms with van der Waals surface area (Å²) in [6, 6.07) is 5.97. The van der Waals surface area contributed by atoms with Gasteiger partial charge in [0.2, 0.25) is 0 Å². The highest BCUT2D eigenvalue weighted by molar-refractivity contribution is 5.38. The molecule has 0 aliphatic carbocycles. The fourth-order valence-corrected chi connectivity index (χ4v) is 2.85. The van der Waals surface area contributed by atoms with Gasteiger partial charge >= 0.3 is 0 Å². The van der Waals surface area contributed by atoms with Crippen LogP contribution < -0.4 is 10.1 Å². The minimum Gasteiger partial charge on any atom is -0.486 e. The number of hydrogen-bond acceptors (Lipinski definition) is 2. The predicted octanol–water partition coefficient (Wildman–Crippen LogP) is 8.15. The summed E-state index contributed by atoms with van der Waals surface area (Å²) in [5.74, 6) is 0.192. The summed E-state index contributed by atoms with van der Waals surface area (Å²) in [6.45, 7) is 18.0. The molecule has 0 radical (unpaired) electrons. The zero-order valence-electron chi connectivity index (χ0n) is 20.6. The molecule has 1 N–H and O–H groups in total. The van der Waals surface area contributed by atoms with Crippen molar-refractivity contribution in [1.82, 2.24) is 5.32 Å². The molecule has 1 aromatic rings. The van der Waals surface area contributed by atoms with Crippen molar-refractivity contribution >= 4 is 0 Å². The van der Waals surface area contributed by atoms with E-state index in [1.54, 1.807) is 24.3 Å². The number of rotatable bonds is 10. The van der Waals surface area contributed by atoms with Crippen molar-refractivity contribution in [2.24, 2.45) is 0 Å². The minimum absolute atomic E-state index is 0.238. The van der Waals surface area contributed by atoms with Gasteiger partial charge in [-0.1, -0.05) is 45.1 Å². The summed E-state index contributed by atoms with van der Waals surface area (Å²) in [4.78, 5) is 0. The van der Waals surface area contributed by atoms with Crippen LogP contribution in [-0.4, -0.2) is 25.9 Å². The van der Waals surface area contributed by atoms with Crippen LogP contribution in [0.5, 0.6) is 5.75 Å². The third kappa shape index (κ3) is 14.6. The van der Waals surface area contributed by atoms with E-state index in [0.717, 1.165) is 17.7 Å². The molecule has 0 saturated carbocycles. The van der Waals surface area contributed by atoms with E-state index in [4.69, 9.17) is 4.74 Å². The van der Waals surface area contributed by atoms with Crippen LogP contribution >= 0.6 is 0 Å². The molecule has 0 fully saturated rings. The largest absolute Gasteiger partial charge is 0.486 e. The maximum Gasteiger partial charge on any atom is 0.123 e. The molecule has 2 unspecified atom stereocenters. The lowest BCUT2D eigenvalue weighted by molar-refractivity contribution is 0.259. The Morgan fingerprint density at radius 1 is 1.16 bits per heavy atom. The molecule has 0 bridgehead atoms. The average molecular weight is 442 g/mol. The van der Waals surface area contributed by atoms with E-state index in [1.165, 1.54) is 25.8 Å². The molecule has 1 aromatic carbocycles.